The summed E-state index contributed by atoms with van der Waals surface area (Å²) in [4.78, 5) is 28.6. The number of aromatic nitrogens is 2. The molecule has 0 saturated heterocycles. The smallest absolute Gasteiger partial charge is 0.307 e. The lowest BCUT2D eigenvalue weighted by Gasteiger charge is -2.19. The number of carbonyl (C=O) groups excluding carboxylic acids is 2. The van der Waals surface area contributed by atoms with E-state index in [9.17, 15) is 9.59 Å². The van der Waals surface area contributed by atoms with Gasteiger partial charge in [0, 0.05) is 35.3 Å². The van der Waals surface area contributed by atoms with Crippen LogP contribution in [0.5, 0.6) is 5.75 Å². The number of rotatable bonds is 10. The first-order chi connectivity index (χ1) is 15.0. The molecule has 0 fully saturated rings. The molecule has 0 unspecified atom stereocenters. The Labute approximate surface area is 180 Å². The van der Waals surface area contributed by atoms with Gasteiger partial charge < -0.3 is 19.3 Å². The van der Waals surface area contributed by atoms with Crippen LogP contribution >= 0.6 is 0 Å². The average molecular weight is 425 g/mol. The van der Waals surface area contributed by atoms with Gasteiger partial charge in [-0.3, -0.25) is 14.6 Å². The van der Waals surface area contributed by atoms with E-state index in [1.54, 1.807) is 25.4 Å². The highest BCUT2D eigenvalue weighted by molar-refractivity contribution is 5.92. The maximum Gasteiger partial charge on any atom is 0.307 e. The molecule has 164 valence electrons. The van der Waals surface area contributed by atoms with Gasteiger partial charge in [-0.05, 0) is 31.4 Å². The molecule has 0 aliphatic heterocycles. The molecule has 1 amide bonds. The Bertz CT molecular complexity index is 1030. The quantitative estimate of drug-likeness (QED) is 0.491. The average Bonchev–Trinajstić information content (AvgIpc) is 3.21. The number of nitrogens with one attached hydrogen (secondary N) is 1. The maximum atomic E-state index is 12.6. The minimum Gasteiger partial charge on any atom is -0.485 e. The van der Waals surface area contributed by atoms with Crippen LogP contribution in [0.25, 0.3) is 10.8 Å². The van der Waals surface area contributed by atoms with Crippen molar-refractivity contribution in [3.63, 3.8) is 0 Å². The third-order valence-corrected chi connectivity index (χ3v) is 4.61. The Morgan fingerprint density at radius 1 is 1.23 bits per heavy atom. The molecular weight excluding hydrogens is 398 g/mol. The molecule has 1 N–H and O–H groups in total. The number of esters is 1. The van der Waals surface area contributed by atoms with Crippen molar-refractivity contribution in [3.05, 3.63) is 54.2 Å². The zero-order valence-corrected chi connectivity index (χ0v) is 18.0. The Balaban J connectivity index is 1.62. The normalized spacial score (nSPS) is 12.0. The molecular formula is C23H27N3O5. The van der Waals surface area contributed by atoms with Gasteiger partial charge in [0.05, 0.1) is 13.0 Å². The fraction of sp³-hybridized carbons (Fsp3) is 0.391. The number of hydrogen-bond donors (Lipinski definition) is 1. The van der Waals surface area contributed by atoms with E-state index in [2.05, 4.69) is 15.5 Å². The number of nitrogens with zero attached hydrogens (tertiary/aromatic N) is 2. The topological polar surface area (TPSA) is 104 Å². The summed E-state index contributed by atoms with van der Waals surface area (Å²) in [6.07, 6.45) is 4.23. The van der Waals surface area contributed by atoms with Gasteiger partial charge in [0.25, 0.3) is 5.91 Å². The zero-order valence-electron chi connectivity index (χ0n) is 18.0. The number of carbonyl (C=O) groups is 2. The number of benzene rings is 1. The van der Waals surface area contributed by atoms with Crippen LogP contribution in [0.2, 0.25) is 0 Å². The second kappa shape index (κ2) is 10.6. The summed E-state index contributed by atoms with van der Waals surface area (Å²) in [6, 6.07) is 8.78. The standard InChI is InChI=1S/C23H27N3O5/c1-4-29-22(27)11-17(10-15(2)3)25-23(28)20-12-18(31-26-20)14-30-21-7-5-6-16-13-24-9-8-19(16)21/h5-9,12-13,15,17H,4,10-11,14H2,1-3H3,(H,25,28)/t17-/m1/s1. The molecule has 0 aliphatic carbocycles. The minimum absolute atomic E-state index is 0.113. The van der Waals surface area contributed by atoms with Crippen molar-refractivity contribution in [3.8, 4) is 5.75 Å². The van der Waals surface area contributed by atoms with Gasteiger partial charge >= 0.3 is 5.97 Å². The SMILES string of the molecule is CCOC(=O)C[C@@H](CC(C)C)NC(=O)c1cc(COc2cccc3cnccc23)on1. The van der Waals surface area contributed by atoms with Crippen LogP contribution in [0.3, 0.4) is 0 Å². The summed E-state index contributed by atoms with van der Waals surface area (Å²) >= 11 is 0. The molecule has 0 saturated carbocycles. The van der Waals surface area contributed by atoms with Gasteiger partial charge in [-0.15, -0.1) is 0 Å². The van der Waals surface area contributed by atoms with E-state index in [1.807, 2.05) is 38.1 Å². The lowest BCUT2D eigenvalue weighted by molar-refractivity contribution is -0.143. The summed E-state index contributed by atoms with van der Waals surface area (Å²) in [6.45, 7) is 6.24. The molecule has 1 atom stereocenters. The predicted molar refractivity (Wildman–Crippen MR) is 115 cm³/mol. The van der Waals surface area contributed by atoms with Crippen LogP contribution < -0.4 is 10.1 Å². The first-order valence-corrected chi connectivity index (χ1v) is 10.3. The van der Waals surface area contributed by atoms with Gasteiger partial charge in [0.15, 0.2) is 11.5 Å². The number of amides is 1. The third kappa shape index (κ3) is 6.28. The van der Waals surface area contributed by atoms with E-state index in [1.165, 1.54) is 0 Å². The summed E-state index contributed by atoms with van der Waals surface area (Å²) in [5, 5.41) is 8.60. The summed E-state index contributed by atoms with van der Waals surface area (Å²) in [5.74, 6) is 0.668. The van der Waals surface area contributed by atoms with Crippen molar-refractivity contribution in [1.29, 1.82) is 0 Å². The number of fused-ring (bicyclic) bond motifs is 1. The van der Waals surface area contributed by atoms with E-state index in [0.29, 0.717) is 30.5 Å². The van der Waals surface area contributed by atoms with E-state index >= 15 is 0 Å². The van der Waals surface area contributed by atoms with Crippen LogP contribution in [0, 0.1) is 5.92 Å². The molecule has 1 aromatic carbocycles. The van der Waals surface area contributed by atoms with E-state index in [-0.39, 0.29) is 30.7 Å². The lowest BCUT2D eigenvalue weighted by atomic mass is 10.0. The molecule has 0 bridgehead atoms. The van der Waals surface area contributed by atoms with E-state index < -0.39 is 5.91 Å². The number of pyridine rings is 1. The second-order valence-electron chi connectivity index (χ2n) is 7.63. The lowest BCUT2D eigenvalue weighted by Crippen LogP contribution is -2.38. The largest absolute Gasteiger partial charge is 0.485 e. The monoisotopic (exact) mass is 425 g/mol. The zero-order chi connectivity index (χ0) is 22.2. The molecule has 0 aliphatic rings. The van der Waals surface area contributed by atoms with Crippen LogP contribution in [-0.2, 0) is 16.1 Å². The molecule has 2 heterocycles. The van der Waals surface area contributed by atoms with Crippen LogP contribution in [0.15, 0.2) is 47.2 Å². The Hall–Kier alpha value is -3.42. The van der Waals surface area contributed by atoms with Crippen molar-refractivity contribution in [1.82, 2.24) is 15.5 Å². The Morgan fingerprint density at radius 2 is 2.06 bits per heavy atom. The van der Waals surface area contributed by atoms with Crippen molar-refractivity contribution < 1.29 is 23.6 Å². The Kier molecular flexibility index (Phi) is 7.59. The highest BCUT2D eigenvalue weighted by Crippen LogP contribution is 2.25. The third-order valence-electron chi connectivity index (χ3n) is 4.61. The minimum atomic E-state index is -0.402. The highest BCUT2D eigenvalue weighted by Gasteiger charge is 2.21. The molecule has 8 heteroatoms. The molecule has 0 radical (unpaired) electrons. The summed E-state index contributed by atoms with van der Waals surface area (Å²) in [7, 11) is 0. The maximum absolute atomic E-state index is 12.6. The number of hydrogen-bond acceptors (Lipinski definition) is 7. The van der Waals surface area contributed by atoms with Gasteiger partial charge in [0.1, 0.15) is 12.4 Å². The molecule has 3 aromatic rings. The molecule has 3 rings (SSSR count). The van der Waals surface area contributed by atoms with E-state index in [4.69, 9.17) is 14.0 Å². The molecule has 2 aromatic heterocycles. The first kappa shape index (κ1) is 22.3. The van der Waals surface area contributed by atoms with Crippen LogP contribution in [0.4, 0.5) is 0 Å². The second-order valence-corrected chi connectivity index (χ2v) is 7.63. The number of ether oxygens (including phenoxy) is 2. The van der Waals surface area contributed by atoms with Gasteiger partial charge in [-0.25, -0.2) is 0 Å². The first-order valence-electron chi connectivity index (χ1n) is 10.3. The van der Waals surface area contributed by atoms with Crippen molar-refractivity contribution >= 4 is 22.6 Å². The van der Waals surface area contributed by atoms with Gasteiger partial charge in [-0.1, -0.05) is 31.1 Å². The molecule has 0 spiro atoms. The van der Waals surface area contributed by atoms with Crippen molar-refractivity contribution in [2.75, 3.05) is 6.61 Å². The summed E-state index contributed by atoms with van der Waals surface area (Å²) < 4.78 is 16.1. The van der Waals surface area contributed by atoms with Crippen LogP contribution in [-0.4, -0.2) is 34.7 Å². The summed E-state index contributed by atoms with van der Waals surface area (Å²) in [5.41, 5.74) is 0.137. The fourth-order valence-corrected chi connectivity index (χ4v) is 3.30. The highest BCUT2D eigenvalue weighted by atomic mass is 16.5. The molecule has 31 heavy (non-hydrogen) atoms. The van der Waals surface area contributed by atoms with Crippen molar-refractivity contribution in [2.45, 2.75) is 46.3 Å². The van der Waals surface area contributed by atoms with Crippen molar-refractivity contribution in [2.24, 2.45) is 5.92 Å². The molecule has 8 nitrogen and oxygen atoms in total. The van der Waals surface area contributed by atoms with E-state index in [0.717, 1.165) is 10.8 Å². The van der Waals surface area contributed by atoms with Gasteiger partial charge in [0.2, 0.25) is 0 Å². The fourth-order valence-electron chi connectivity index (χ4n) is 3.30. The Morgan fingerprint density at radius 3 is 2.84 bits per heavy atom. The predicted octanol–water partition coefficient (Wildman–Crippen LogP) is 3.90. The van der Waals surface area contributed by atoms with Gasteiger partial charge in [-0.2, -0.15) is 0 Å². The van der Waals surface area contributed by atoms with Crippen LogP contribution in [0.1, 0.15) is 49.9 Å².